The van der Waals surface area contributed by atoms with Crippen molar-refractivity contribution in [2.24, 2.45) is 5.10 Å². The Morgan fingerprint density at radius 2 is 2.25 bits per heavy atom. The highest BCUT2D eigenvalue weighted by atomic mass is 16.2. The fourth-order valence-corrected chi connectivity index (χ4v) is 1.59. The third-order valence-electron chi connectivity index (χ3n) is 2.07. The van der Waals surface area contributed by atoms with Crippen molar-refractivity contribution in [1.82, 2.24) is 5.01 Å². The summed E-state index contributed by atoms with van der Waals surface area (Å²) in [6, 6.07) is 0. The van der Waals surface area contributed by atoms with E-state index in [1.807, 2.05) is 27.7 Å². The summed E-state index contributed by atoms with van der Waals surface area (Å²) in [6.07, 6.45) is 1.42. The molecule has 0 N–H and O–H groups in total. The Bertz CT molecular complexity index is 231. The Morgan fingerprint density at radius 1 is 1.67 bits per heavy atom. The number of hydrogen-bond acceptors (Lipinski definition) is 2. The molecule has 0 aliphatic carbocycles. The van der Waals surface area contributed by atoms with Crippen LogP contribution in [0, 0.1) is 0 Å². The molecule has 1 amide bonds. The molecule has 3 heteroatoms. The first kappa shape index (κ1) is 9.23. The van der Waals surface area contributed by atoms with Crippen molar-refractivity contribution in [1.29, 1.82) is 0 Å². The highest BCUT2D eigenvalue weighted by Gasteiger charge is 2.35. The maximum atomic E-state index is 11.4. The summed E-state index contributed by atoms with van der Waals surface area (Å²) in [4.78, 5) is 11.4. The van der Waals surface area contributed by atoms with E-state index in [1.165, 1.54) is 0 Å². The molecule has 68 valence electrons. The average Bonchev–Trinajstić information content (AvgIpc) is 2.23. The van der Waals surface area contributed by atoms with Gasteiger partial charge in [0.25, 0.3) is 0 Å². The molecule has 0 saturated carbocycles. The lowest BCUT2D eigenvalue weighted by molar-refractivity contribution is -0.135. The standard InChI is InChI=1S/C9H16N2O/c1-5-8(12)11-9(3,4)6-7(2)10-11/h5-6H2,1-4H3. The van der Waals surface area contributed by atoms with Gasteiger partial charge in [-0.25, -0.2) is 5.01 Å². The Labute approximate surface area is 73.4 Å². The zero-order valence-corrected chi connectivity index (χ0v) is 8.22. The molecule has 1 aliphatic rings. The molecule has 1 heterocycles. The van der Waals surface area contributed by atoms with Gasteiger partial charge in [0.1, 0.15) is 0 Å². The molecule has 0 aromatic carbocycles. The van der Waals surface area contributed by atoms with Crippen LogP contribution in [0.3, 0.4) is 0 Å². The molecular weight excluding hydrogens is 152 g/mol. The maximum Gasteiger partial charge on any atom is 0.242 e. The molecule has 1 rings (SSSR count). The van der Waals surface area contributed by atoms with Crippen LogP contribution in [0.5, 0.6) is 0 Å². The van der Waals surface area contributed by atoms with Crippen LogP contribution in [0.4, 0.5) is 0 Å². The average molecular weight is 168 g/mol. The smallest absolute Gasteiger partial charge is 0.242 e. The molecule has 0 atom stereocenters. The van der Waals surface area contributed by atoms with Gasteiger partial charge in [0, 0.05) is 18.6 Å². The van der Waals surface area contributed by atoms with Crippen molar-refractivity contribution >= 4 is 11.6 Å². The van der Waals surface area contributed by atoms with E-state index in [4.69, 9.17) is 0 Å². The van der Waals surface area contributed by atoms with E-state index in [0.29, 0.717) is 6.42 Å². The van der Waals surface area contributed by atoms with Crippen LogP contribution in [-0.2, 0) is 4.79 Å². The largest absolute Gasteiger partial charge is 0.273 e. The second-order valence-corrected chi connectivity index (χ2v) is 3.88. The minimum Gasteiger partial charge on any atom is -0.273 e. The fourth-order valence-electron chi connectivity index (χ4n) is 1.59. The van der Waals surface area contributed by atoms with Gasteiger partial charge < -0.3 is 0 Å². The van der Waals surface area contributed by atoms with Crippen molar-refractivity contribution in [2.75, 3.05) is 0 Å². The number of carbonyl (C=O) groups is 1. The predicted molar refractivity (Wildman–Crippen MR) is 48.9 cm³/mol. The SMILES string of the molecule is CCC(=O)N1N=C(C)CC1(C)C. The third kappa shape index (κ3) is 1.49. The van der Waals surface area contributed by atoms with E-state index < -0.39 is 0 Å². The lowest BCUT2D eigenvalue weighted by atomic mass is 9.99. The number of hydrogen-bond donors (Lipinski definition) is 0. The highest BCUT2D eigenvalue weighted by Crippen LogP contribution is 2.26. The lowest BCUT2D eigenvalue weighted by Crippen LogP contribution is -2.40. The van der Waals surface area contributed by atoms with E-state index in [9.17, 15) is 4.79 Å². The molecule has 0 radical (unpaired) electrons. The van der Waals surface area contributed by atoms with Crippen LogP contribution in [0.15, 0.2) is 5.10 Å². The van der Waals surface area contributed by atoms with Crippen LogP contribution in [0.25, 0.3) is 0 Å². The maximum absolute atomic E-state index is 11.4. The van der Waals surface area contributed by atoms with Gasteiger partial charge in [0.15, 0.2) is 0 Å². The molecule has 0 aromatic heterocycles. The molecular formula is C9H16N2O. The molecule has 12 heavy (non-hydrogen) atoms. The summed E-state index contributed by atoms with van der Waals surface area (Å²) in [6.45, 7) is 7.91. The van der Waals surface area contributed by atoms with Gasteiger partial charge >= 0.3 is 0 Å². The lowest BCUT2D eigenvalue weighted by Gasteiger charge is -2.28. The fraction of sp³-hybridized carbons (Fsp3) is 0.778. The van der Waals surface area contributed by atoms with Crippen LogP contribution < -0.4 is 0 Å². The van der Waals surface area contributed by atoms with Gasteiger partial charge in [-0.2, -0.15) is 5.10 Å². The van der Waals surface area contributed by atoms with Gasteiger partial charge in [0.05, 0.1) is 5.54 Å². The summed E-state index contributed by atoms with van der Waals surface area (Å²) >= 11 is 0. The second-order valence-electron chi connectivity index (χ2n) is 3.88. The summed E-state index contributed by atoms with van der Waals surface area (Å²) in [5.74, 6) is 0.108. The predicted octanol–water partition coefficient (Wildman–Crippen LogP) is 1.78. The first-order chi connectivity index (χ1) is 5.47. The summed E-state index contributed by atoms with van der Waals surface area (Å²) in [7, 11) is 0. The van der Waals surface area contributed by atoms with Crippen molar-refractivity contribution < 1.29 is 4.79 Å². The minimum absolute atomic E-state index is 0.108. The third-order valence-corrected chi connectivity index (χ3v) is 2.07. The van der Waals surface area contributed by atoms with Gasteiger partial charge in [-0.3, -0.25) is 4.79 Å². The number of nitrogens with zero attached hydrogens (tertiary/aromatic N) is 2. The quantitative estimate of drug-likeness (QED) is 0.587. The number of hydrazone groups is 1. The summed E-state index contributed by atoms with van der Waals surface area (Å²) < 4.78 is 0. The van der Waals surface area contributed by atoms with E-state index in [0.717, 1.165) is 12.1 Å². The molecule has 1 aliphatic heterocycles. The number of amides is 1. The summed E-state index contributed by atoms with van der Waals surface area (Å²) in [5.41, 5.74) is 0.929. The monoisotopic (exact) mass is 168 g/mol. The van der Waals surface area contributed by atoms with Crippen molar-refractivity contribution in [3.05, 3.63) is 0 Å². The number of carbonyl (C=O) groups excluding carboxylic acids is 1. The van der Waals surface area contributed by atoms with E-state index in [1.54, 1.807) is 5.01 Å². The van der Waals surface area contributed by atoms with Crippen LogP contribution in [0.2, 0.25) is 0 Å². The molecule has 0 bridgehead atoms. The Balaban J connectivity index is 2.82. The van der Waals surface area contributed by atoms with Crippen molar-refractivity contribution in [3.8, 4) is 0 Å². The summed E-state index contributed by atoms with van der Waals surface area (Å²) in [5, 5.41) is 5.83. The van der Waals surface area contributed by atoms with Crippen LogP contribution in [-0.4, -0.2) is 22.2 Å². The molecule has 0 unspecified atom stereocenters. The highest BCUT2D eigenvalue weighted by molar-refractivity contribution is 5.88. The van der Waals surface area contributed by atoms with E-state index in [2.05, 4.69) is 5.10 Å². The second kappa shape index (κ2) is 2.88. The first-order valence-electron chi connectivity index (χ1n) is 4.34. The van der Waals surface area contributed by atoms with Crippen molar-refractivity contribution in [2.45, 2.75) is 46.1 Å². The van der Waals surface area contributed by atoms with Crippen LogP contribution >= 0.6 is 0 Å². The Kier molecular flexibility index (Phi) is 2.22. The first-order valence-corrected chi connectivity index (χ1v) is 4.34. The van der Waals surface area contributed by atoms with Gasteiger partial charge in [-0.05, 0) is 20.8 Å². The zero-order valence-electron chi connectivity index (χ0n) is 8.22. The van der Waals surface area contributed by atoms with Crippen LogP contribution in [0.1, 0.15) is 40.5 Å². The van der Waals surface area contributed by atoms with Gasteiger partial charge in [-0.1, -0.05) is 6.92 Å². The van der Waals surface area contributed by atoms with E-state index in [-0.39, 0.29) is 11.4 Å². The molecule has 0 fully saturated rings. The van der Waals surface area contributed by atoms with Gasteiger partial charge in [0.2, 0.25) is 5.91 Å². The Morgan fingerprint density at radius 3 is 2.58 bits per heavy atom. The van der Waals surface area contributed by atoms with Crippen molar-refractivity contribution in [3.63, 3.8) is 0 Å². The minimum atomic E-state index is -0.114. The molecule has 3 nitrogen and oxygen atoms in total. The molecule has 0 saturated heterocycles. The molecule has 0 aromatic rings. The van der Waals surface area contributed by atoms with Gasteiger partial charge in [-0.15, -0.1) is 0 Å². The zero-order chi connectivity index (χ0) is 9.35. The number of rotatable bonds is 1. The molecule has 0 spiro atoms. The van der Waals surface area contributed by atoms with E-state index >= 15 is 0 Å². The topological polar surface area (TPSA) is 32.7 Å². The Hall–Kier alpha value is -0.860. The normalized spacial score (nSPS) is 21.0.